The van der Waals surface area contributed by atoms with E-state index in [1.165, 1.54) is 23.5 Å². The molecule has 0 radical (unpaired) electrons. The Morgan fingerprint density at radius 2 is 1.93 bits per heavy atom. The second kappa shape index (κ2) is 8.64. The summed E-state index contributed by atoms with van der Waals surface area (Å²) in [5.41, 5.74) is 1.62. The molecule has 0 fully saturated rings. The summed E-state index contributed by atoms with van der Waals surface area (Å²) in [6.45, 7) is -2.94. The molecule has 1 aromatic heterocycles. The second-order valence-corrected chi connectivity index (χ2v) is 6.65. The largest absolute Gasteiger partial charge is 0.497 e. The van der Waals surface area contributed by atoms with Crippen molar-refractivity contribution in [2.75, 3.05) is 12.4 Å². The van der Waals surface area contributed by atoms with Gasteiger partial charge in [0.1, 0.15) is 11.5 Å². The number of alkyl halides is 2. The van der Waals surface area contributed by atoms with E-state index in [9.17, 15) is 13.6 Å². The number of carbonyl (C=O) groups excluding carboxylic acids is 1. The monoisotopic (exact) mass is 389 g/mol. The molecule has 0 saturated carbocycles. The Hall–Kier alpha value is -2.93. The normalized spacial score (nSPS) is 10.7. The fourth-order valence-electron chi connectivity index (χ4n) is 2.58. The van der Waals surface area contributed by atoms with Gasteiger partial charge in [-0.3, -0.25) is 4.79 Å². The van der Waals surface area contributed by atoms with E-state index in [2.05, 4.69) is 10.1 Å². The van der Waals surface area contributed by atoms with Gasteiger partial charge in [-0.1, -0.05) is 18.2 Å². The van der Waals surface area contributed by atoms with E-state index in [4.69, 9.17) is 4.74 Å². The van der Waals surface area contributed by atoms with Gasteiger partial charge in [-0.05, 0) is 47.3 Å². The van der Waals surface area contributed by atoms with Gasteiger partial charge >= 0.3 is 6.61 Å². The highest BCUT2D eigenvalue weighted by Gasteiger charge is 2.14. The van der Waals surface area contributed by atoms with E-state index in [1.807, 2.05) is 17.5 Å². The number of rotatable bonds is 7. The minimum Gasteiger partial charge on any atom is -0.497 e. The molecule has 1 N–H and O–H groups in total. The number of nitrogens with one attached hydrogen (secondary N) is 1. The highest BCUT2D eigenvalue weighted by molar-refractivity contribution is 7.10. The smallest absolute Gasteiger partial charge is 0.387 e. The minimum atomic E-state index is -2.94. The van der Waals surface area contributed by atoms with Crippen molar-refractivity contribution in [3.63, 3.8) is 0 Å². The fourth-order valence-corrected chi connectivity index (χ4v) is 3.28. The molecule has 4 nitrogen and oxygen atoms in total. The molecule has 140 valence electrons. The SMILES string of the molecule is COc1ccc(-c2cc(NC(=O)Cc3cccs3)ccc2OC(F)F)cc1. The van der Waals surface area contributed by atoms with Crippen LogP contribution in [0.3, 0.4) is 0 Å². The van der Waals surface area contributed by atoms with E-state index >= 15 is 0 Å². The number of benzene rings is 2. The van der Waals surface area contributed by atoms with Crippen LogP contribution in [0.25, 0.3) is 11.1 Å². The molecule has 0 spiro atoms. The molecule has 7 heteroatoms. The third kappa shape index (κ3) is 5.04. The Kier molecular flexibility index (Phi) is 6.03. The first-order chi connectivity index (χ1) is 13.0. The Morgan fingerprint density at radius 3 is 2.56 bits per heavy atom. The molecule has 1 heterocycles. The van der Waals surface area contributed by atoms with Crippen LogP contribution in [0.15, 0.2) is 60.0 Å². The number of ether oxygens (including phenoxy) is 2. The van der Waals surface area contributed by atoms with Crippen molar-refractivity contribution in [1.82, 2.24) is 0 Å². The highest BCUT2D eigenvalue weighted by atomic mass is 32.1. The predicted molar refractivity (Wildman–Crippen MR) is 102 cm³/mol. The highest BCUT2D eigenvalue weighted by Crippen LogP contribution is 2.34. The molecule has 3 rings (SSSR count). The lowest BCUT2D eigenvalue weighted by molar-refractivity contribution is -0.115. The van der Waals surface area contributed by atoms with Crippen LogP contribution in [0.1, 0.15) is 4.88 Å². The second-order valence-electron chi connectivity index (χ2n) is 5.62. The van der Waals surface area contributed by atoms with Crippen LogP contribution in [0.2, 0.25) is 0 Å². The Labute approximate surface area is 159 Å². The van der Waals surface area contributed by atoms with Crippen LogP contribution in [0.4, 0.5) is 14.5 Å². The molecule has 0 unspecified atom stereocenters. The van der Waals surface area contributed by atoms with Crippen molar-refractivity contribution in [2.45, 2.75) is 13.0 Å². The molecule has 0 aliphatic carbocycles. The first-order valence-electron chi connectivity index (χ1n) is 8.10. The van der Waals surface area contributed by atoms with Crippen molar-refractivity contribution < 1.29 is 23.0 Å². The fraction of sp³-hybridized carbons (Fsp3) is 0.150. The van der Waals surface area contributed by atoms with Gasteiger partial charge < -0.3 is 14.8 Å². The Bertz CT molecular complexity index is 896. The summed E-state index contributed by atoms with van der Waals surface area (Å²) in [5.74, 6) is 0.502. The number of hydrogen-bond donors (Lipinski definition) is 1. The molecular weight excluding hydrogens is 372 g/mol. The van der Waals surface area contributed by atoms with Gasteiger partial charge in [0.05, 0.1) is 13.5 Å². The molecule has 2 aromatic carbocycles. The molecule has 1 amide bonds. The zero-order chi connectivity index (χ0) is 19.2. The first kappa shape index (κ1) is 18.8. The Balaban J connectivity index is 1.86. The van der Waals surface area contributed by atoms with Crippen LogP contribution in [0.5, 0.6) is 11.5 Å². The van der Waals surface area contributed by atoms with E-state index < -0.39 is 6.61 Å². The standard InChI is InChI=1S/C20H17F2NO3S/c1-25-15-7-4-13(5-8-15)17-11-14(6-9-18(17)26-20(21)22)23-19(24)12-16-3-2-10-27-16/h2-11,20H,12H2,1H3,(H,23,24). The van der Waals surface area contributed by atoms with E-state index in [0.29, 0.717) is 22.6 Å². The topological polar surface area (TPSA) is 47.6 Å². The van der Waals surface area contributed by atoms with Crippen molar-refractivity contribution in [2.24, 2.45) is 0 Å². The van der Waals surface area contributed by atoms with Crippen molar-refractivity contribution in [3.8, 4) is 22.6 Å². The average Bonchev–Trinajstić information content (AvgIpc) is 3.15. The maximum Gasteiger partial charge on any atom is 0.387 e. The predicted octanol–water partition coefficient (Wildman–Crippen LogP) is 5.21. The number of amides is 1. The number of carbonyl (C=O) groups is 1. The van der Waals surface area contributed by atoms with Crippen LogP contribution in [-0.4, -0.2) is 19.6 Å². The zero-order valence-corrected chi connectivity index (χ0v) is 15.3. The summed E-state index contributed by atoms with van der Waals surface area (Å²) < 4.78 is 35.2. The summed E-state index contributed by atoms with van der Waals surface area (Å²) >= 11 is 1.50. The van der Waals surface area contributed by atoms with Crippen LogP contribution in [0, 0.1) is 0 Å². The lowest BCUT2D eigenvalue weighted by Crippen LogP contribution is -2.14. The van der Waals surface area contributed by atoms with Gasteiger partial charge in [0.25, 0.3) is 0 Å². The van der Waals surface area contributed by atoms with Gasteiger partial charge in [0.2, 0.25) is 5.91 Å². The maximum absolute atomic E-state index is 12.7. The first-order valence-corrected chi connectivity index (χ1v) is 8.98. The number of halogens is 2. The van der Waals surface area contributed by atoms with Crippen LogP contribution >= 0.6 is 11.3 Å². The molecule has 0 bridgehead atoms. The molecule has 0 aliphatic heterocycles. The van der Waals surface area contributed by atoms with E-state index in [1.54, 1.807) is 37.4 Å². The maximum atomic E-state index is 12.7. The molecule has 0 saturated heterocycles. The molecule has 27 heavy (non-hydrogen) atoms. The van der Waals surface area contributed by atoms with Crippen molar-refractivity contribution >= 4 is 22.9 Å². The average molecular weight is 389 g/mol. The van der Waals surface area contributed by atoms with Crippen molar-refractivity contribution in [3.05, 3.63) is 64.9 Å². The minimum absolute atomic E-state index is 0.0337. The summed E-state index contributed by atoms with van der Waals surface area (Å²) in [4.78, 5) is 13.1. The van der Waals surface area contributed by atoms with E-state index in [-0.39, 0.29) is 18.1 Å². The summed E-state index contributed by atoms with van der Waals surface area (Å²) in [6.07, 6.45) is 0.255. The lowest BCUT2D eigenvalue weighted by Gasteiger charge is -2.14. The van der Waals surface area contributed by atoms with Gasteiger partial charge in [0.15, 0.2) is 0 Å². The van der Waals surface area contributed by atoms with Crippen LogP contribution < -0.4 is 14.8 Å². The van der Waals surface area contributed by atoms with Gasteiger partial charge in [-0.25, -0.2) is 0 Å². The number of anilines is 1. The summed E-state index contributed by atoms with van der Waals surface area (Å²) in [6, 6.07) is 15.3. The summed E-state index contributed by atoms with van der Waals surface area (Å²) in [7, 11) is 1.55. The number of thiophene rings is 1. The van der Waals surface area contributed by atoms with Crippen molar-refractivity contribution in [1.29, 1.82) is 0 Å². The molecule has 0 atom stereocenters. The van der Waals surface area contributed by atoms with Crippen LogP contribution in [-0.2, 0) is 11.2 Å². The van der Waals surface area contributed by atoms with Gasteiger partial charge in [-0.15, -0.1) is 11.3 Å². The van der Waals surface area contributed by atoms with Gasteiger partial charge in [0, 0.05) is 16.1 Å². The molecule has 0 aliphatic rings. The third-order valence-electron chi connectivity index (χ3n) is 3.80. The molecular formula is C20H17F2NO3S. The summed E-state index contributed by atoms with van der Waals surface area (Å²) in [5, 5.41) is 4.70. The number of methoxy groups -OCH3 is 1. The van der Waals surface area contributed by atoms with E-state index in [0.717, 1.165) is 4.88 Å². The lowest BCUT2D eigenvalue weighted by atomic mass is 10.0. The van der Waals surface area contributed by atoms with Gasteiger partial charge in [-0.2, -0.15) is 8.78 Å². The molecule has 3 aromatic rings. The quantitative estimate of drug-likeness (QED) is 0.604. The zero-order valence-electron chi connectivity index (χ0n) is 14.4. The number of hydrogen-bond acceptors (Lipinski definition) is 4. The Morgan fingerprint density at radius 1 is 1.15 bits per heavy atom. The third-order valence-corrected chi connectivity index (χ3v) is 4.67.